The second kappa shape index (κ2) is 8.27. The van der Waals surface area contributed by atoms with Crippen LogP contribution in [0.5, 0.6) is 0 Å². The van der Waals surface area contributed by atoms with E-state index in [1.807, 2.05) is 4.57 Å². The van der Waals surface area contributed by atoms with Gasteiger partial charge >= 0.3 is 0 Å². The van der Waals surface area contributed by atoms with Crippen LogP contribution in [0.3, 0.4) is 0 Å². The van der Waals surface area contributed by atoms with Gasteiger partial charge in [-0.05, 0) is 30.7 Å². The van der Waals surface area contributed by atoms with Gasteiger partial charge < -0.3 is 4.57 Å². The van der Waals surface area contributed by atoms with Crippen LogP contribution in [-0.2, 0) is 26.7 Å². The number of hydrogen-bond acceptors (Lipinski definition) is 2. The molecule has 3 rings (SSSR count). The van der Waals surface area contributed by atoms with E-state index in [1.165, 1.54) is 24.3 Å². The van der Waals surface area contributed by atoms with Crippen LogP contribution in [0.25, 0.3) is 22.8 Å². The van der Waals surface area contributed by atoms with Gasteiger partial charge in [0.05, 0.1) is 5.82 Å². The van der Waals surface area contributed by atoms with Crippen molar-refractivity contribution in [2.24, 2.45) is 0 Å². The first kappa shape index (κ1) is 18.4. The van der Waals surface area contributed by atoms with E-state index in [4.69, 9.17) is 0 Å². The molecule has 1 radical (unpaired) electrons. The van der Waals surface area contributed by atoms with Gasteiger partial charge in [0, 0.05) is 38.0 Å². The van der Waals surface area contributed by atoms with E-state index < -0.39 is 0 Å². The minimum Gasteiger partial charge on any atom is -0.347 e. The monoisotopic (exact) mass is 505 g/mol. The van der Waals surface area contributed by atoms with Gasteiger partial charge in [-0.3, -0.25) is 4.39 Å². The van der Waals surface area contributed by atoms with Crippen LogP contribution in [0.2, 0.25) is 0 Å². The van der Waals surface area contributed by atoms with Crippen molar-refractivity contribution in [2.75, 3.05) is 0 Å². The fourth-order valence-electron chi connectivity index (χ4n) is 2.39. The van der Waals surface area contributed by atoms with E-state index in [2.05, 4.69) is 23.2 Å². The molecule has 2 aromatic carbocycles. The van der Waals surface area contributed by atoms with E-state index >= 15 is 0 Å². The Balaban J connectivity index is 0.00000208. The number of halogens is 2. The quantitative estimate of drug-likeness (QED) is 0.480. The van der Waals surface area contributed by atoms with Gasteiger partial charge in [-0.2, -0.15) is 5.10 Å². The predicted molar refractivity (Wildman–Crippen MR) is 84.6 cm³/mol. The van der Waals surface area contributed by atoms with Crippen LogP contribution in [0, 0.1) is 17.7 Å². The molecule has 0 unspecified atom stereocenters. The van der Waals surface area contributed by atoms with Crippen LogP contribution in [0.15, 0.2) is 42.5 Å². The van der Waals surface area contributed by atoms with Crippen molar-refractivity contribution in [1.82, 2.24) is 14.8 Å². The van der Waals surface area contributed by atoms with Crippen LogP contribution in [0.1, 0.15) is 19.8 Å². The van der Waals surface area contributed by atoms with E-state index in [1.54, 1.807) is 18.2 Å². The number of hydrogen-bond donors (Lipinski definition) is 0. The molecule has 24 heavy (non-hydrogen) atoms. The average Bonchev–Trinajstić information content (AvgIpc) is 2.98. The number of rotatable bonds is 5. The Kier molecular flexibility index (Phi) is 6.35. The molecule has 0 fully saturated rings. The molecule has 0 amide bonds. The fraction of sp³-hybridized carbons (Fsp3) is 0.222. The van der Waals surface area contributed by atoms with Crippen LogP contribution in [-0.4, -0.2) is 14.8 Å². The van der Waals surface area contributed by atoms with Crippen LogP contribution in [0.4, 0.5) is 8.78 Å². The van der Waals surface area contributed by atoms with Gasteiger partial charge in [-0.1, -0.05) is 13.3 Å². The van der Waals surface area contributed by atoms with E-state index in [9.17, 15) is 8.78 Å². The van der Waals surface area contributed by atoms with Gasteiger partial charge in [-0.15, -0.1) is 34.9 Å². The largest absolute Gasteiger partial charge is 0.347 e. The SMILES string of the molecule is CCCCn1c(-c2[c-]cc(F)cc2)nnc1-c1ccc(F)cc1.[Ir]. The Morgan fingerprint density at radius 2 is 1.62 bits per heavy atom. The second-order valence-corrected chi connectivity index (χ2v) is 5.28. The molecule has 1 heterocycles. The Morgan fingerprint density at radius 1 is 0.958 bits per heavy atom. The van der Waals surface area contributed by atoms with E-state index in [0.29, 0.717) is 17.2 Å². The molecule has 0 spiro atoms. The number of benzene rings is 2. The maximum absolute atomic E-state index is 13.1. The maximum atomic E-state index is 13.1. The number of aromatic nitrogens is 3. The first-order valence-electron chi connectivity index (χ1n) is 7.56. The third-order valence-corrected chi connectivity index (χ3v) is 3.60. The molecule has 127 valence electrons. The Bertz CT molecular complexity index is 720. The topological polar surface area (TPSA) is 30.7 Å². The summed E-state index contributed by atoms with van der Waals surface area (Å²) >= 11 is 0. The number of unbranched alkanes of at least 4 members (excludes halogenated alkanes) is 1. The first-order chi connectivity index (χ1) is 11.2. The Labute approximate surface area is 153 Å². The van der Waals surface area contributed by atoms with Crippen molar-refractivity contribution in [3.8, 4) is 22.8 Å². The summed E-state index contributed by atoms with van der Waals surface area (Å²) < 4.78 is 28.2. The normalized spacial score (nSPS) is 10.5. The third kappa shape index (κ3) is 3.94. The molecule has 3 aromatic rings. The van der Waals surface area contributed by atoms with Crippen molar-refractivity contribution in [2.45, 2.75) is 26.3 Å². The third-order valence-electron chi connectivity index (χ3n) is 3.60. The summed E-state index contributed by atoms with van der Waals surface area (Å²) in [7, 11) is 0. The van der Waals surface area contributed by atoms with Gasteiger partial charge in [-0.25, -0.2) is 4.39 Å². The Hall–Kier alpha value is -1.91. The van der Waals surface area contributed by atoms with Gasteiger partial charge in [0.15, 0.2) is 5.82 Å². The standard InChI is InChI=1S/C18H16F2N3.Ir/c1-2-3-12-23-17(13-4-8-15(19)9-5-13)21-22-18(23)14-6-10-16(20)11-7-14;/h4-6,8-11H,2-3,12H2,1H3;/q-1;. The predicted octanol–water partition coefficient (Wildman–Crippen LogP) is 4.49. The molecular weight excluding hydrogens is 488 g/mol. The maximum Gasteiger partial charge on any atom is 0.154 e. The van der Waals surface area contributed by atoms with Crippen molar-refractivity contribution in [3.63, 3.8) is 0 Å². The Morgan fingerprint density at radius 3 is 2.25 bits per heavy atom. The minimum absolute atomic E-state index is 0. The fourth-order valence-corrected chi connectivity index (χ4v) is 2.39. The van der Waals surface area contributed by atoms with E-state index in [0.717, 1.165) is 24.9 Å². The van der Waals surface area contributed by atoms with Gasteiger partial charge in [0.2, 0.25) is 0 Å². The molecular formula is C18H16F2IrN3-. The summed E-state index contributed by atoms with van der Waals surface area (Å²) in [5.41, 5.74) is 1.48. The summed E-state index contributed by atoms with van der Waals surface area (Å²) in [6.45, 7) is 2.84. The molecule has 3 nitrogen and oxygen atoms in total. The zero-order valence-corrected chi connectivity index (χ0v) is 15.5. The van der Waals surface area contributed by atoms with Gasteiger partial charge in [0.1, 0.15) is 5.82 Å². The zero-order valence-electron chi connectivity index (χ0n) is 13.1. The summed E-state index contributed by atoms with van der Waals surface area (Å²) in [6, 6.07) is 13.3. The molecule has 0 saturated carbocycles. The molecule has 0 aliphatic rings. The minimum atomic E-state index is -0.341. The molecule has 0 N–H and O–H groups in total. The zero-order chi connectivity index (χ0) is 16.2. The van der Waals surface area contributed by atoms with Crippen molar-refractivity contribution in [1.29, 1.82) is 0 Å². The van der Waals surface area contributed by atoms with Crippen molar-refractivity contribution < 1.29 is 28.9 Å². The smallest absolute Gasteiger partial charge is 0.154 e. The summed E-state index contributed by atoms with van der Waals surface area (Å²) in [5, 5.41) is 8.48. The second-order valence-electron chi connectivity index (χ2n) is 5.28. The summed E-state index contributed by atoms with van der Waals surface area (Å²) in [4.78, 5) is 0. The molecule has 1 aromatic heterocycles. The van der Waals surface area contributed by atoms with Crippen molar-refractivity contribution >= 4 is 0 Å². The van der Waals surface area contributed by atoms with Crippen molar-refractivity contribution in [3.05, 3.63) is 60.2 Å². The van der Waals surface area contributed by atoms with E-state index in [-0.39, 0.29) is 31.7 Å². The molecule has 0 aliphatic carbocycles. The first-order valence-corrected chi connectivity index (χ1v) is 7.56. The summed E-state index contributed by atoms with van der Waals surface area (Å²) in [6.07, 6.45) is 1.98. The molecule has 0 saturated heterocycles. The molecule has 6 heteroatoms. The number of nitrogens with zero attached hydrogens (tertiary/aromatic N) is 3. The van der Waals surface area contributed by atoms with Crippen LogP contribution < -0.4 is 0 Å². The average molecular weight is 505 g/mol. The molecule has 0 aliphatic heterocycles. The molecule has 0 bridgehead atoms. The summed E-state index contributed by atoms with van der Waals surface area (Å²) in [5.74, 6) is 0.677. The van der Waals surface area contributed by atoms with Crippen LogP contribution >= 0.6 is 0 Å². The molecule has 0 atom stereocenters. The van der Waals surface area contributed by atoms with Gasteiger partial charge in [0.25, 0.3) is 0 Å².